The summed E-state index contributed by atoms with van der Waals surface area (Å²) in [4.78, 5) is 21.1. The minimum Gasteiger partial charge on any atom is -0.461 e. The number of hydrogen-bond acceptors (Lipinski definition) is 6. The van der Waals surface area contributed by atoms with Crippen molar-refractivity contribution in [3.63, 3.8) is 0 Å². The maximum atomic E-state index is 11.1. The quantitative estimate of drug-likeness (QED) is 0.516. The summed E-state index contributed by atoms with van der Waals surface area (Å²) in [5.41, 5.74) is 2.82. The summed E-state index contributed by atoms with van der Waals surface area (Å²) in [5, 5.41) is 26.3. The Hall–Kier alpha value is -3.26. The van der Waals surface area contributed by atoms with Crippen LogP contribution in [0.4, 0.5) is 11.4 Å². The summed E-state index contributed by atoms with van der Waals surface area (Å²) in [6, 6.07) is 11.5. The SMILES string of the molecule is C[C@@H](N[C@H]1CCc2oc3ccc([N+](=O)[O-])cc3c2C1)c1ccc([N+](=O)[O-])cc1. The topological polar surface area (TPSA) is 111 Å². The second kappa shape index (κ2) is 7.05. The van der Waals surface area contributed by atoms with Crippen LogP contribution in [0.25, 0.3) is 11.0 Å². The largest absolute Gasteiger partial charge is 0.461 e. The van der Waals surface area contributed by atoms with Crippen molar-refractivity contribution in [3.8, 4) is 0 Å². The van der Waals surface area contributed by atoms with E-state index < -0.39 is 9.85 Å². The summed E-state index contributed by atoms with van der Waals surface area (Å²) in [5.74, 6) is 0.900. The molecule has 8 heteroatoms. The molecular weight excluding hydrogens is 362 g/mol. The molecule has 0 saturated heterocycles. The van der Waals surface area contributed by atoms with E-state index in [1.165, 1.54) is 18.2 Å². The van der Waals surface area contributed by atoms with Gasteiger partial charge in [-0.05, 0) is 31.4 Å². The van der Waals surface area contributed by atoms with Gasteiger partial charge in [-0.2, -0.15) is 0 Å². The van der Waals surface area contributed by atoms with Crippen LogP contribution in [0.15, 0.2) is 46.9 Å². The number of non-ortho nitro benzene ring substituents is 2. The van der Waals surface area contributed by atoms with E-state index in [1.807, 2.05) is 6.92 Å². The highest BCUT2D eigenvalue weighted by molar-refractivity contribution is 5.84. The lowest BCUT2D eigenvalue weighted by molar-refractivity contribution is -0.385. The van der Waals surface area contributed by atoms with E-state index in [9.17, 15) is 20.2 Å². The molecule has 0 fully saturated rings. The zero-order chi connectivity index (χ0) is 19.8. The fourth-order valence-electron chi connectivity index (χ4n) is 3.86. The number of nitro benzene ring substituents is 2. The number of aryl methyl sites for hydroxylation is 1. The third-order valence-corrected chi connectivity index (χ3v) is 5.33. The number of fused-ring (bicyclic) bond motifs is 3. The lowest BCUT2D eigenvalue weighted by Crippen LogP contribution is -2.36. The molecule has 0 spiro atoms. The number of nitrogens with one attached hydrogen (secondary N) is 1. The van der Waals surface area contributed by atoms with Gasteiger partial charge >= 0.3 is 0 Å². The Balaban J connectivity index is 1.53. The Morgan fingerprint density at radius 2 is 1.75 bits per heavy atom. The Labute approximate surface area is 160 Å². The molecule has 144 valence electrons. The van der Waals surface area contributed by atoms with Gasteiger partial charge < -0.3 is 9.73 Å². The van der Waals surface area contributed by atoms with Gasteiger partial charge in [0.15, 0.2) is 0 Å². The van der Waals surface area contributed by atoms with Crippen molar-refractivity contribution in [2.75, 3.05) is 0 Å². The van der Waals surface area contributed by atoms with E-state index >= 15 is 0 Å². The average Bonchev–Trinajstić information content (AvgIpc) is 3.05. The average molecular weight is 381 g/mol. The van der Waals surface area contributed by atoms with E-state index in [1.54, 1.807) is 24.3 Å². The van der Waals surface area contributed by atoms with E-state index in [0.29, 0.717) is 5.58 Å². The van der Waals surface area contributed by atoms with Crippen LogP contribution < -0.4 is 5.32 Å². The van der Waals surface area contributed by atoms with Gasteiger partial charge in [-0.15, -0.1) is 0 Å². The Bertz CT molecular complexity index is 1060. The second-order valence-corrected chi connectivity index (χ2v) is 7.12. The minimum atomic E-state index is -0.409. The van der Waals surface area contributed by atoms with E-state index in [2.05, 4.69) is 5.32 Å². The van der Waals surface area contributed by atoms with Crippen molar-refractivity contribution in [1.82, 2.24) is 5.32 Å². The van der Waals surface area contributed by atoms with Crippen LogP contribution in [0.2, 0.25) is 0 Å². The van der Waals surface area contributed by atoms with Gasteiger partial charge in [-0.25, -0.2) is 0 Å². The van der Waals surface area contributed by atoms with Crippen LogP contribution in [0.5, 0.6) is 0 Å². The highest BCUT2D eigenvalue weighted by Crippen LogP contribution is 2.34. The molecule has 28 heavy (non-hydrogen) atoms. The van der Waals surface area contributed by atoms with E-state index in [-0.39, 0.29) is 23.5 Å². The van der Waals surface area contributed by atoms with Crippen LogP contribution >= 0.6 is 0 Å². The number of rotatable bonds is 5. The van der Waals surface area contributed by atoms with Crippen molar-refractivity contribution >= 4 is 22.3 Å². The molecule has 0 aliphatic heterocycles. The molecule has 4 rings (SSSR count). The smallest absolute Gasteiger partial charge is 0.270 e. The first kappa shape index (κ1) is 18.1. The highest BCUT2D eigenvalue weighted by Gasteiger charge is 2.26. The summed E-state index contributed by atoms with van der Waals surface area (Å²) >= 11 is 0. The minimum absolute atomic E-state index is 0.0276. The first-order chi connectivity index (χ1) is 13.4. The van der Waals surface area contributed by atoms with Gasteiger partial charge in [-0.1, -0.05) is 12.1 Å². The van der Waals surface area contributed by atoms with Crippen molar-refractivity contribution in [2.24, 2.45) is 0 Å². The van der Waals surface area contributed by atoms with Gasteiger partial charge in [0, 0.05) is 53.7 Å². The zero-order valence-corrected chi connectivity index (χ0v) is 15.3. The lowest BCUT2D eigenvalue weighted by Gasteiger charge is -2.26. The standard InChI is InChI=1S/C20H19N3O5/c1-12(13-2-5-15(6-3-13)22(24)25)21-14-4-8-19-17(10-14)18-11-16(23(26)27)7-9-20(18)28-19/h2-3,5-7,9,11-12,14,21H,4,8,10H2,1H3/t12-,14+/m1/s1. The number of benzene rings is 2. The molecule has 2 aromatic carbocycles. The molecule has 1 aromatic heterocycles. The molecule has 1 aliphatic carbocycles. The summed E-state index contributed by atoms with van der Waals surface area (Å²) in [7, 11) is 0. The zero-order valence-electron chi connectivity index (χ0n) is 15.3. The molecule has 0 unspecified atom stereocenters. The monoisotopic (exact) mass is 381 g/mol. The Morgan fingerprint density at radius 3 is 2.43 bits per heavy atom. The van der Waals surface area contributed by atoms with Gasteiger partial charge in [0.05, 0.1) is 9.85 Å². The molecule has 2 atom stereocenters. The van der Waals surface area contributed by atoms with Gasteiger partial charge in [0.25, 0.3) is 11.4 Å². The normalized spacial score (nSPS) is 17.2. The fraction of sp³-hybridized carbons (Fsp3) is 0.300. The summed E-state index contributed by atoms with van der Waals surface area (Å²) < 4.78 is 5.88. The fourth-order valence-corrected chi connectivity index (χ4v) is 3.86. The molecule has 1 N–H and O–H groups in total. The molecule has 3 aromatic rings. The number of nitrogens with zero attached hydrogens (tertiary/aromatic N) is 2. The van der Waals surface area contributed by atoms with Crippen molar-refractivity contribution in [2.45, 2.75) is 38.3 Å². The molecule has 1 heterocycles. The van der Waals surface area contributed by atoms with Gasteiger partial charge in [0.1, 0.15) is 11.3 Å². The third kappa shape index (κ3) is 3.34. The van der Waals surface area contributed by atoms with Crippen LogP contribution in [0, 0.1) is 20.2 Å². The highest BCUT2D eigenvalue weighted by atomic mass is 16.6. The third-order valence-electron chi connectivity index (χ3n) is 5.33. The summed E-state index contributed by atoms with van der Waals surface area (Å²) in [6.45, 7) is 2.02. The Morgan fingerprint density at radius 1 is 1.07 bits per heavy atom. The molecule has 8 nitrogen and oxygen atoms in total. The van der Waals surface area contributed by atoms with Crippen LogP contribution in [0.1, 0.15) is 36.3 Å². The maximum absolute atomic E-state index is 11.1. The first-order valence-electron chi connectivity index (χ1n) is 9.11. The molecule has 0 bridgehead atoms. The van der Waals surface area contributed by atoms with E-state index in [0.717, 1.165) is 41.5 Å². The predicted octanol–water partition coefficient (Wildman–Crippen LogP) is 4.46. The molecule has 1 aliphatic rings. The van der Waals surface area contributed by atoms with Crippen LogP contribution in [0.3, 0.4) is 0 Å². The predicted molar refractivity (Wildman–Crippen MR) is 103 cm³/mol. The van der Waals surface area contributed by atoms with Gasteiger partial charge in [-0.3, -0.25) is 20.2 Å². The van der Waals surface area contributed by atoms with Crippen molar-refractivity contribution < 1.29 is 14.3 Å². The van der Waals surface area contributed by atoms with Crippen molar-refractivity contribution in [3.05, 3.63) is 79.6 Å². The summed E-state index contributed by atoms with van der Waals surface area (Å²) in [6.07, 6.45) is 2.38. The number of furan rings is 1. The molecule has 0 saturated carbocycles. The maximum Gasteiger partial charge on any atom is 0.270 e. The van der Waals surface area contributed by atoms with Gasteiger partial charge in [0.2, 0.25) is 0 Å². The number of nitro groups is 2. The molecule has 0 amide bonds. The van der Waals surface area contributed by atoms with Crippen molar-refractivity contribution in [1.29, 1.82) is 0 Å². The van der Waals surface area contributed by atoms with Crippen LogP contribution in [-0.2, 0) is 12.8 Å². The van der Waals surface area contributed by atoms with Crippen LogP contribution in [-0.4, -0.2) is 15.9 Å². The van der Waals surface area contributed by atoms with E-state index in [4.69, 9.17) is 4.42 Å². The Kier molecular flexibility index (Phi) is 4.56. The molecular formula is C20H19N3O5. The first-order valence-corrected chi connectivity index (χ1v) is 9.11. The second-order valence-electron chi connectivity index (χ2n) is 7.12. The lowest BCUT2D eigenvalue weighted by atomic mass is 9.90. The molecule has 0 radical (unpaired) electrons. The number of hydrogen-bond donors (Lipinski definition) is 1.